The Morgan fingerprint density at radius 1 is 1.30 bits per heavy atom. The molecule has 2 rings (SSSR count). The van der Waals surface area contributed by atoms with Crippen LogP contribution in [-0.4, -0.2) is 52.6 Å². The van der Waals surface area contributed by atoms with Crippen molar-refractivity contribution in [3.63, 3.8) is 0 Å². The van der Waals surface area contributed by atoms with E-state index in [2.05, 4.69) is 27.4 Å². The minimum Gasteiger partial charge on any atom is -0.379 e. The molecule has 2 fully saturated rings. The molecule has 0 bridgehead atoms. The molecular weight excluding hydrogens is 294 g/mol. The molecule has 5 heteroatoms. The molecule has 1 spiro atoms. The average Bonchev–Trinajstić information content (AvgIpc) is 2.87. The molecule has 134 valence electrons. The first-order chi connectivity index (χ1) is 10.7. The van der Waals surface area contributed by atoms with Gasteiger partial charge in [0.05, 0.1) is 6.61 Å². The average molecular weight is 327 g/mol. The van der Waals surface area contributed by atoms with Gasteiger partial charge in [-0.1, -0.05) is 26.8 Å². The van der Waals surface area contributed by atoms with Gasteiger partial charge in [0.2, 0.25) is 0 Å². The van der Waals surface area contributed by atoms with E-state index >= 15 is 0 Å². The molecule has 0 aromatic rings. The molecule has 0 radical (unpaired) electrons. The summed E-state index contributed by atoms with van der Waals surface area (Å²) in [4.78, 5) is 1.56. The van der Waals surface area contributed by atoms with Crippen LogP contribution in [0.25, 0.3) is 0 Å². The first-order valence-corrected chi connectivity index (χ1v) is 8.73. The quantitative estimate of drug-likeness (QED) is 0.600. The van der Waals surface area contributed by atoms with Crippen molar-refractivity contribution in [2.24, 2.45) is 11.3 Å². The Balaban J connectivity index is 1.94. The molecule has 5 nitrogen and oxygen atoms in total. The number of hydrogen-bond donors (Lipinski definition) is 2. The number of aliphatic hydroxyl groups excluding tert-OH is 2. The predicted molar refractivity (Wildman–Crippen MR) is 89.6 cm³/mol. The number of rotatable bonds is 5. The standard InChI is InChI=1S/C18H33NO4/c1-6-11-19(13(2)20)16(21)15-12-22-18(23-15)9-7-14(8-10-18)17(3,4)5/h6,13-16,20-21H,1,7-12H2,2-5H3. The van der Waals surface area contributed by atoms with Crippen molar-refractivity contribution >= 4 is 0 Å². The van der Waals surface area contributed by atoms with Crippen molar-refractivity contribution in [3.05, 3.63) is 12.7 Å². The molecule has 0 aromatic carbocycles. The first-order valence-electron chi connectivity index (χ1n) is 8.73. The minimum absolute atomic E-state index is 0.312. The Kier molecular flexibility index (Phi) is 5.90. The zero-order valence-corrected chi connectivity index (χ0v) is 15.0. The lowest BCUT2D eigenvalue weighted by atomic mass is 9.71. The largest absolute Gasteiger partial charge is 0.379 e. The zero-order valence-electron chi connectivity index (χ0n) is 15.0. The molecule has 3 unspecified atom stereocenters. The van der Waals surface area contributed by atoms with Gasteiger partial charge in [-0.05, 0) is 31.1 Å². The molecule has 1 saturated heterocycles. The van der Waals surface area contributed by atoms with Crippen LogP contribution < -0.4 is 0 Å². The fourth-order valence-electron chi connectivity index (χ4n) is 3.75. The third kappa shape index (κ3) is 4.34. The number of ether oxygens (including phenoxy) is 2. The van der Waals surface area contributed by atoms with Crippen LogP contribution in [0.2, 0.25) is 0 Å². The molecule has 0 amide bonds. The number of nitrogens with zero attached hydrogens (tertiary/aromatic N) is 1. The highest BCUT2D eigenvalue weighted by atomic mass is 16.7. The Bertz CT molecular complexity index is 396. The molecule has 1 aliphatic heterocycles. The van der Waals surface area contributed by atoms with Gasteiger partial charge in [0, 0.05) is 19.4 Å². The fraction of sp³-hybridized carbons (Fsp3) is 0.889. The van der Waals surface area contributed by atoms with Crippen LogP contribution >= 0.6 is 0 Å². The van der Waals surface area contributed by atoms with Crippen LogP contribution in [0.4, 0.5) is 0 Å². The Labute approximate surface area is 140 Å². The maximum Gasteiger partial charge on any atom is 0.169 e. The second-order valence-corrected chi connectivity index (χ2v) is 8.05. The van der Waals surface area contributed by atoms with E-state index in [4.69, 9.17) is 9.47 Å². The van der Waals surface area contributed by atoms with Crippen molar-refractivity contribution in [1.29, 1.82) is 0 Å². The summed E-state index contributed by atoms with van der Waals surface area (Å²) in [6.07, 6.45) is 3.47. The predicted octanol–water partition coefficient (Wildman–Crippen LogP) is 2.48. The molecule has 0 aromatic heterocycles. The molecule has 1 heterocycles. The molecule has 2 aliphatic rings. The maximum absolute atomic E-state index is 10.5. The highest BCUT2D eigenvalue weighted by Crippen LogP contribution is 2.46. The van der Waals surface area contributed by atoms with Crippen molar-refractivity contribution < 1.29 is 19.7 Å². The van der Waals surface area contributed by atoms with E-state index in [-0.39, 0.29) is 0 Å². The Morgan fingerprint density at radius 2 is 1.91 bits per heavy atom. The molecule has 2 N–H and O–H groups in total. The zero-order chi connectivity index (χ0) is 17.3. The molecule has 1 aliphatic carbocycles. The van der Waals surface area contributed by atoms with Crippen LogP contribution in [0.5, 0.6) is 0 Å². The topological polar surface area (TPSA) is 62.2 Å². The van der Waals surface area contributed by atoms with Crippen LogP contribution in [0, 0.1) is 11.3 Å². The molecule has 1 saturated carbocycles. The second kappa shape index (κ2) is 7.19. The van der Waals surface area contributed by atoms with Crippen molar-refractivity contribution in [1.82, 2.24) is 4.90 Å². The van der Waals surface area contributed by atoms with E-state index in [0.717, 1.165) is 25.7 Å². The van der Waals surface area contributed by atoms with E-state index in [1.807, 2.05) is 0 Å². The van der Waals surface area contributed by atoms with E-state index in [0.29, 0.717) is 24.5 Å². The van der Waals surface area contributed by atoms with Crippen LogP contribution in [0.1, 0.15) is 53.4 Å². The third-order valence-corrected chi connectivity index (χ3v) is 5.34. The van der Waals surface area contributed by atoms with Gasteiger partial charge in [0.15, 0.2) is 5.79 Å². The van der Waals surface area contributed by atoms with E-state index < -0.39 is 24.3 Å². The lowest BCUT2D eigenvalue weighted by molar-refractivity contribution is -0.219. The van der Waals surface area contributed by atoms with Gasteiger partial charge < -0.3 is 19.7 Å². The summed E-state index contributed by atoms with van der Waals surface area (Å²) < 4.78 is 12.1. The second-order valence-electron chi connectivity index (χ2n) is 8.05. The normalized spacial score (nSPS) is 34.7. The fourth-order valence-corrected chi connectivity index (χ4v) is 3.75. The van der Waals surface area contributed by atoms with E-state index in [9.17, 15) is 10.2 Å². The van der Waals surface area contributed by atoms with Gasteiger partial charge in [0.25, 0.3) is 0 Å². The summed E-state index contributed by atoms with van der Waals surface area (Å²) in [5.74, 6) is 0.130. The van der Waals surface area contributed by atoms with Crippen LogP contribution in [-0.2, 0) is 9.47 Å². The Hall–Kier alpha value is -0.460. The maximum atomic E-state index is 10.5. The third-order valence-electron chi connectivity index (χ3n) is 5.34. The van der Waals surface area contributed by atoms with Gasteiger partial charge in [-0.15, -0.1) is 6.58 Å². The van der Waals surface area contributed by atoms with Crippen molar-refractivity contribution in [2.75, 3.05) is 13.2 Å². The van der Waals surface area contributed by atoms with Gasteiger partial charge in [-0.25, -0.2) is 4.90 Å². The highest BCUT2D eigenvalue weighted by Gasteiger charge is 2.48. The monoisotopic (exact) mass is 327 g/mol. The molecular formula is C18H33NO4. The lowest BCUT2D eigenvalue weighted by Crippen LogP contribution is -2.50. The Morgan fingerprint density at radius 3 is 2.39 bits per heavy atom. The number of aliphatic hydroxyl groups is 2. The first kappa shape index (κ1) is 18.9. The molecule has 23 heavy (non-hydrogen) atoms. The summed E-state index contributed by atoms with van der Waals surface area (Å²) >= 11 is 0. The summed E-state index contributed by atoms with van der Waals surface area (Å²) in [7, 11) is 0. The van der Waals surface area contributed by atoms with E-state index in [1.165, 1.54) is 0 Å². The SMILES string of the molecule is C=CCN(C(C)O)C(O)C1COC2(CCC(C(C)(C)C)CC2)O1. The minimum atomic E-state index is -0.896. The number of hydrogen-bond acceptors (Lipinski definition) is 5. The van der Waals surface area contributed by atoms with Crippen molar-refractivity contribution in [2.45, 2.75) is 77.7 Å². The van der Waals surface area contributed by atoms with Gasteiger partial charge in [0.1, 0.15) is 18.6 Å². The van der Waals surface area contributed by atoms with Gasteiger partial charge in [-0.3, -0.25) is 0 Å². The van der Waals surface area contributed by atoms with Gasteiger partial charge >= 0.3 is 0 Å². The van der Waals surface area contributed by atoms with E-state index in [1.54, 1.807) is 17.9 Å². The van der Waals surface area contributed by atoms with Crippen LogP contribution in [0.15, 0.2) is 12.7 Å². The highest BCUT2D eigenvalue weighted by molar-refractivity contribution is 4.91. The summed E-state index contributed by atoms with van der Waals surface area (Å²) in [5, 5.41) is 20.3. The lowest BCUT2D eigenvalue weighted by Gasteiger charge is -2.41. The van der Waals surface area contributed by atoms with Gasteiger partial charge in [-0.2, -0.15) is 0 Å². The summed E-state index contributed by atoms with van der Waals surface area (Å²) in [6.45, 7) is 12.9. The summed E-state index contributed by atoms with van der Waals surface area (Å²) in [6, 6.07) is 0. The smallest absolute Gasteiger partial charge is 0.169 e. The van der Waals surface area contributed by atoms with Crippen LogP contribution in [0.3, 0.4) is 0 Å². The van der Waals surface area contributed by atoms with Crippen molar-refractivity contribution in [3.8, 4) is 0 Å². The molecule has 3 atom stereocenters. The summed E-state index contributed by atoms with van der Waals surface area (Å²) in [5.41, 5.74) is 0.312.